The first-order valence-electron chi connectivity index (χ1n) is 10.1. The number of H-pyrrole nitrogens is 1. The van der Waals surface area contributed by atoms with Gasteiger partial charge in [0.15, 0.2) is 0 Å². The number of aryl methyl sites for hydroxylation is 2. The van der Waals surface area contributed by atoms with E-state index in [-0.39, 0.29) is 17.4 Å². The molecule has 0 unspecified atom stereocenters. The number of carbonyl (C=O) groups is 1. The zero-order valence-electron chi connectivity index (χ0n) is 17.4. The first kappa shape index (κ1) is 20.3. The average Bonchev–Trinajstić information content (AvgIpc) is 3.15. The molecule has 7 nitrogen and oxygen atoms in total. The Balaban J connectivity index is 1.73. The number of aromatic amines is 1. The quantitative estimate of drug-likeness (QED) is 0.505. The molecule has 0 radical (unpaired) electrons. The number of hydrogen-bond donors (Lipinski definition) is 2. The maximum absolute atomic E-state index is 13.5. The van der Waals surface area contributed by atoms with Crippen molar-refractivity contribution in [2.24, 2.45) is 0 Å². The predicted octanol–water partition coefficient (Wildman–Crippen LogP) is 3.60. The highest BCUT2D eigenvalue weighted by molar-refractivity contribution is 5.97. The van der Waals surface area contributed by atoms with Crippen LogP contribution in [0.5, 0.6) is 0 Å². The third-order valence-electron chi connectivity index (χ3n) is 4.96. The number of rotatable bonds is 6. The highest BCUT2D eigenvalue weighted by atomic mass is 16.2. The Morgan fingerprint density at radius 1 is 1.03 bits per heavy atom. The van der Waals surface area contributed by atoms with Gasteiger partial charge in [-0.2, -0.15) is 9.78 Å². The predicted molar refractivity (Wildman–Crippen MR) is 119 cm³/mol. The van der Waals surface area contributed by atoms with E-state index in [2.05, 4.69) is 20.4 Å². The van der Waals surface area contributed by atoms with Crippen LogP contribution in [-0.4, -0.2) is 25.7 Å². The Morgan fingerprint density at radius 3 is 2.23 bits per heavy atom. The van der Waals surface area contributed by atoms with E-state index in [1.165, 1.54) is 10.7 Å². The minimum absolute atomic E-state index is 0.201. The molecule has 0 spiro atoms. The summed E-state index contributed by atoms with van der Waals surface area (Å²) >= 11 is 0. The molecule has 2 N–H and O–H groups in total. The summed E-state index contributed by atoms with van der Waals surface area (Å²) < 4.78 is 1.46. The van der Waals surface area contributed by atoms with E-state index in [4.69, 9.17) is 0 Å². The molecular formula is C24H23N5O2. The molecule has 2 aromatic carbocycles. The Hall–Kier alpha value is -4.00. The van der Waals surface area contributed by atoms with Gasteiger partial charge in [0.2, 0.25) is 11.9 Å². The van der Waals surface area contributed by atoms with Crippen molar-refractivity contribution in [3.05, 3.63) is 106 Å². The molecule has 0 bridgehead atoms. The molecule has 0 aliphatic heterocycles. The molecule has 2 aromatic heterocycles. The largest absolute Gasteiger partial charge is 0.310 e. The summed E-state index contributed by atoms with van der Waals surface area (Å²) in [4.78, 5) is 32.6. The van der Waals surface area contributed by atoms with Crippen molar-refractivity contribution in [1.29, 1.82) is 0 Å². The SMILES string of the molecule is CCc1cc(=O)[nH]c(-n2nc(C)cc2NC(=O)C(c2ccccc2)c2ccccc2)n1. The van der Waals surface area contributed by atoms with Crippen molar-refractivity contribution >= 4 is 11.7 Å². The van der Waals surface area contributed by atoms with E-state index < -0.39 is 5.92 Å². The highest BCUT2D eigenvalue weighted by Gasteiger charge is 2.24. The van der Waals surface area contributed by atoms with Gasteiger partial charge in [0.25, 0.3) is 5.56 Å². The summed E-state index contributed by atoms with van der Waals surface area (Å²) in [6.45, 7) is 3.74. The van der Waals surface area contributed by atoms with Crippen LogP contribution >= 0.6 is 0 Å². The lowest BCUT2D eigenvalue weighted by Crippen LogP contribution is -2.24. The van der Waals surface area contributed by atoms with Gasteiger partial charge in [-0.3, -0.25) is 14.6 Å². The molecule has 0 aliphatic rings. The molecule has 7 heteroatoms. The van der Waals surface area contributed by atoms with Gasteiger partial charge in [-0.05, 0) is 24.5 Å². The summed E-state index contributed by atoms with van der Waals surface area (Å²) in [7, 11) is 0. The average molecular weight is 413 g/mol. The number of benzene rings is 2. The Kier molecular flexibility index (Phi) is 5.75. The summed E-state index contributed by atoms with van der Waals surface area (Å²) in [6.07, 6.45) is 0.614. The fourth-order valence-electron chi connectivity index (χ4n) is 3.51. The maximum atomic E-state index is 13.5. The minimum atomic E-state index is -0.500. The number of nitrogens with zero attached hydrogens (tertiary/aromatic N) is 3. The molecule has 0 fully saturated rings. The summed E-state index contributed by atoms with van der Waals surface area (Å²) in [6, 6.07) is 22.4. The van der Waals surface area contributed by atoms with Crippen LogP contribution in [0.1, 0.15) is 35.4 Å². The van der Waals surface area contributed by atoms with Crippen LogP contribution in [0.15, 0.2) is 77.6 Å². The van der Waals surface area contributed by atoms with E-state index in [9.17, 15) is 9.59 Å². The lowest BCUT2D eigenvalue weighted by Gasteiger charge is -2.18. The van der Waals surface area contributed by atoms with Crippen molar-refractivity contribution in [3.63, 3.8) is 0 Å². The highest BCUT2D eigenvalue weighted by Crippen LogP contribution is 2.27. The van der Waals surface area contributed by atoms with Crippen molar-refractivity contribution in [3.8, 4) is 5.95 Å². The molecule has 31 heavy (non-hydrogen) atoms. The minimum Gasteiger partial charge on any atom is -0.310 e. The van der Waals surface area contributed by atoms with E-state index >= 15 is 0 Å². The number of amides is 1. The smallest absolute Gasteiger partial charge is 0.252 e. The van der Waals surface area contributed by atoms with Crippen LogP contribution in [0.2, 0.25) is 0 Å². The number of carbonyl (C=O) groups excluding carboxylic acids is 1. The molecular weight excluding hydrogens is 390 g/mol. The fourth-order valence-corrected chi connectivity index (χ4v) is 3.51. The molecule has 2 heterocycles. The zero-order chi connectivity index (χ0) is 21.8. The zero-order valence-corrected chi connectivity index (χ0v) is 17.4. The van der Waals surface area contributed by atoms with E-state index in [0.29, 0.717) is 23.6 Å². The lowest BCUT2D eigenvalue weighted by atomic mass is 9.90. The monoisotopic (exact) mass is 413 g/mol. The van der Waals surface area contributed by atoms with Gasteiger partial charge in [-0.25, -0.2) is 4.98 Å². The van der Waals surface area contributed by atoms with Gasteiger partial charge >= 0.3 is 0 Å². The van der Waals surface area contributed by atoms with Gasteiger partial charge in [-0.15, -0.1) is 0 Å². The van der Waals surface area contributed by atoms with Gasteiger partial charge in [0.05, 0.1) is 11.6 Å². The Labute approximate surface area is 179 Å². The molecule has 1 amide bonds. The second-order valence-corrected chi connectivity index (χ2v) is 7.24. The number of hydrogen-bond acceptors (Lipinski definition) is 4. The van der Waals surface area contributed by atoms with Gasteiger partial charge in [0, 0.05) is 17.8 Å². The Bertz CT molecular complexity index is 1210. The van der Waals surface area contributed by atoms with Gasteiger partial charge in [-0.1, -0.05) is 67.6 Å². The number of aromatic nitrogens is 4. The van der Waals surface area contributed by atoms with Crippen molar-refractivity contribution < 1.29 is 4.79 Å². The van der Waals surface area contributed by atoms with Crippen molar-refractivity contribution in [2.75, 3.05) is 5.32 Å². The van der Waals surface area contributed by atoms with Gasteiger partial charge in [0.1, 0.15) is 5.82 Å². The van der Waals surface area contributed by atoms with Crippen LogP contribution in [0, 0.1) is 6.92 Å². The molecule has 156 valence electrons. The summed E-state index contributed by atoms with van der Waals surface area (Å²) in [5, 5.41) is 7.41. The molecule has 0 saturated heterocycles. The first-order valence-corrected chi connectivity index (χ1v) is 10.1. The first-order chi connectivity index (χ1) is 15.0. The maximum Gasteiger partial charge on any atom is 0.252 e. The van der Waals surface area contributed by atoms with Crippen LogP contribution in [0.3, 0.4) is 0 Å². The number of nitrogens with one attached hydrogen (secondary N) is 2. The summed E-state index contributed by atoms with van der Waals surface area (Å²) in [5.74, 6) is 0.00655. The lowest BCUT2D eigenvalue weighted by molar-refractivity contribution is -0.116. The number of anilines is 1. The van der Waals surface area contributed by atoms with E-state index in [1.807, 2.05) is 74.5 Å². The second kappa shape index (κ2) is 8.79. The molecule has 4 aromatic rings. The molecule has 4 rings (SSSR count). The molecule has 0 atom stereocenters. The third-order valence-corrected chi connectivity index (χ3v) is 4.96. The van der Waals surface area contributed by atoms with Crippen LogP contribution in [0.4, 0.5) is 5.82 Å². The van der Waals surface area contributed by atoms with Gasteiger partial charge < -0.3 is 5.32 Å². The summed E-state index contributed by atoms with van der Waals surface area (Å²) in [5.41, 5.74) is 2.84. The van der Waals surface area contributed by atoms with E-state index in [1.54, 1.807) is 6.07 Å². The fraction of sp³-hybridized carbons (Fsp3) is 0.167. The third kappa shape index (κ3) is 4.45. The topological polar surface area (TPSA) is 92.7 Å². The molecule has 0 saturated carbocycles. The Morgan fingerprint density at radius 2 is 1.65 bits per heavy atom. The van der Waals surface area contributed by atoms with Crippen LogP contribution in [0.25, 0.3) is 5.95 Å². The van der Waals surface area contributed by atoms with Crippen LogP contribution < -0.4 is 10.9 Å². The van der Waals surface area contributed by atoms with Crippen molar-refractivity contribution in [1.82, 2.24) is 19.7 Å². The van der Waals surface area contributed by atoms with Crippen molar-refractivity contribution in [2.45, 2.75) is 26.2 Å². The second-order valence-electron chi connectivity index (χ2n) is 7.24. The van der Waals surface area contributed by atoms with E-state index in [0.717, 1.165) is 11.1 Å². The standard InChI is InChI=1S/C24H23N5O2/c1-3-19-15-21(30)27-24(25-19)29-20(14-16(2)28-29)26-23(31)22(17-10-6-4-7-11-17)18-12-8-5-9-13-18/h4-15,22H,3H2,1-2H3,(H,26,31)(H,25,27,30). The van der Waals surface area contributed by atoms with Crippen LogP contribution in [-0.2, 0) is 11.2 Å². The normalized spacial score (nSPS) is 10.9. The molecule has 0 aliphatic carbocycles.